The number of hydrogen-bond donors (Lipinski definition) is 1. The molecule has 0 fully saturated rings. The molecule has 3 aromatic heterocycles. The molecule has 0 radical (unpaired) electrons. The maximum Gasteiger partial charge on any atom is 0.178 e. The van der Waals surface area contributed by atoms with E-state index in [9.17, 15) is 0 Å². The quantitative estimate of drug-likeness (QED) is 0.647. The van der Waals surface area contributed by atoms with E-state index >= 15 is 0 Å². The summed E-state index contributed by atoms with van der Waals surface area (Å²) in [7, 11) is 0. The van der Waals surface area contributed by atoms with E-state index in [1.807, 2.05) is 24.3 Å². The molecule has 0 aliphatic carbocycles. The lowest BCUT2D eigenvalue weighted by Gasteiger charge is -1.92. The van der Waals surface area contributed by atoms with E-state index in [2.05, 4.69) is 19.9 Å². The van der Waals surface area contributed by atoms with Crippen LogP contribution in [0.1, 0.15) is 0 Å². The first-order chi connectivity index (χ1) is 7.43. The van der Waals surface area contributed by atoms with Gasteiger partial charge in [0.1, 0.15) is 5.82 Å². The van der Waals surface area contributed by atoms with Crippen LogP contribution in [0.4, 0.5) is 0 Å². The predicted octanol–water partition coefficient (Wildman–Crippen LogP) is 2.02. The van der Waals surface area contributed by atoms with Gasteiger partial charge in [-0.1, -0.05) is 0 Å². The number of H-pyrrole nitrogens is 1. The number of hydrogen-bond acceptors (Lipinski definition) is 3. The van der Waals surface area contributed by atoms with E-state index in [-0.39, 0.29) is 0 Å². The van der Waals surface area contributed by atoms with E-state index in [4.69, 9.17) is 0 Å². The SMILES string of the molecule is c1cncc(-c2nc3ncccc3[nH]2)c1. The van der Waals surface area contributed by atoms with Gasteiger partial charge >= 0.3 is 0 Å². The molecule has 0 saturated carbocycles. The number of imidazole rings is 1. The molecule has 0 bridgehead atoms. The average Bonchev–Trinajstić information content (AvgIpc) is 2.74. The topological polar surface area (TPSA) is 54.5 Å². The van der Waals surface area contributed by atoms with Gasteiger partial charge in [-0.15, -0.1) is 0 Å². The number of nitrogens with one attached hydrogen (secondary N) is 1. The third kappa shape index (κ3) is 1.36. The summed E-state index contributed by atoms with van der Waals surface area (Å²) in [5.74, 6) is 0.803. The lowest BCUT2D eigenvalue weighted by atomic mass is 10.3. The van der Waals surface area contributed by atoms with Crippen molar-refractivity contribution in [2.24, 2.45) is 0 Å². The zero-order valence-electron chi connectivity index (χ0n) is 7.88. The van der Waals surface area contributed by atoms with Gasteiger partial charge in [0.25, 0.3) is 0 Å². The van der Waals surface area contributed by atoms with Crippen molar-refractivity contribution in [1.29, 1.82) is 0 Å². The molecule has 3 rings (SSSR count). The molecule has 0 unspecified atom stereocenters. The molecule has 3 heterocycles. The molecular weight excluding hydrogens is 188 g/mol. The zero-order chi connectivity index (χ0) is 10.1. The van der Waals surface area contributed by atoms with Crippen LogP contribution in [0.5, 0.6) is 0 Å². The number of pyridine rings is 2. The Morgan fingerprint density at radius 3 is 2.80 bits per heavy atom. The van der Waals surface area contributed by atoms with Gasteiger partial charge in [0.05, 0.1) is 5.52 Å². The van der Waals surface area contributed by atoms with E-state index in [1.54, 1.807) is 18.6 Å². The second-order valence-corrected chi connectivity index (χ2v) is 3.20. The number of nitrogens with zero attached hydrogens (tertiary/aromatic N) is 3. The molecule has 0 aromatic carbocycles. The second-order valence-electron chi connectivity index (χ2n) is 3.20. The zero-order valence-corrected chi connectivity index (χ0v) is 7.88. The Labute approximate surface area is 86.0 Å². The molecule has 1 N–H and O–H groups in total. The molecular formula is C11H8N4. The molecule has 72 valence electrons. The molecule has 0 spiro atoms. The summed E-state index contributed by atoms with van der Waals surface area (Å²) in [5, 5.41) is 0. The highest BCUT2D eigenvalue weighted by molar-refractivity contribution is 5.75. The first-order valence-electron chi connectivity index (χ1n) is 4.64. The predicted molar refractivity (Wildman–Crippen MR) is 57.1 cm³/mol. The van der Waals surface area contributed by atoms with Crippen molar-refractivity contribution in [3.05, 3.63) is 42.9 Å². The highest BCUT2D eigenvalue weighted by Gasteiger charge is 2.04. The molecule has 3 aromatic rings. The summed E-state index contributed by atoms with van der Waals surface area (Å²) < 4.78 is 0. The minimum atomic E-state index is 0.733. The molecule has 0 saturated heterocycles. The number of rotatable bonds is 1. The fraction of sp³-hybridized carbons (Fsp3) is 0. The first kappa shape index (κ1) is 8.11. The van der Waals surface area contributed by atoms with Crippen LogP contribution in [0.15, 0.2) is 42.9 Å². The van der Waals surface area contributed by atoms with Crippen molar-refractivity contribution in [2.75, 3.05) is 0 Å². The lowest BCUT2D eigenvalue weighted by Crippen LogP contribution is -1.80. The molecule has 0 aliphatic heterocycles. The van der Waals surface area contributed by atoms with E-state index in [0.29, 0.717) is 0 Å². The minimum Gasteiger partial charge on any atom is -0.337 e. The van der Waals surface area contributed by atoms with Crippen LogP contribution in [-0.2, 0) is 0 Å². The van der Waals surface area contributed by atoms with Gasteiger partial charge in [-0.2, -0.15) is 0 Å². The van der Waals surface area contributed by atoms with Crippen LogP contribution < -0.4 is 0 Å². The van der Waals surface area contributed by atoms with Gasteiger partial charge in [0, 0.05) is 24.2 Å². The number of aromatic nitrogens is 4. The molecule has 4 nitrogen and oxygen atoms in total. The van der Waals surface area contributed by atoms with Gasteiger partial charge < -0.3 is 4.98 Å². The fourth-order valence-electron chi connectivity index (χ4n) is 1.48. The lowest BCUT2D eigenvalue weighted by molar-refractivity contribution is 1.26. The smallest absolute Gasteiger partial charge is 0.178 e. The van der Waals surface area contributed by atoms with Crippen LogP contribution in [0.2, 0.25) is 0 Å². The van der Waals surface area contributed by atoms with Crippen LogP contribution in [0, 0.1) is 0 Å². The van der Waals surface area contributed by atoms with Gasteiger partial charge in [0.2, 0.25) is 0 Å². The fourth-order valence-corrected chi connectivity index (χ4v) is 1.48. The van der Waals surface area contributed by atoms with Crippen molar-refractivity contribution in [3.63, 3.8) is 0 Å². The Bertz CT molecular complexity index is 553. The molecule has 0 amide bonds. The van der Waals surface area contributed by atoms with Gasteiger partial charge in [-0.25, -0.2) is 9.97 Å². The van der Waals surface area contributed by atoms with Crippen LogP contribution >= 0.6 is 0 Å². The Hall–Kier alpha value is -2.23. The summed E-state index contributed by atoms with van der Waals surface area (Å²) in [6.07, 6.45) is 5.25. The van der Waals surface area contributed by atoms with E-state index < -0.39 is 0 Å². The summed E-state index contributed by atoms with van der Waals surface area (Å²) >= 11 is 0. The highest BCUT2D eigenvalue weighted by atomic mass is 15.0. The third-order valence-corrected chi connectivity index (χ3v) is 2.19. The van der Waals surface area contributed by atoms with Crippen molar-refractivity contribution in [3.8, 4) is 11.4 Å². The Kier molecular flexibility index (Phi) is 1.71. The van der Waals surface area contributed by atoms with Gasteiger partial charge in [-0.3, -0.25) is 4.98 Å². The largest absolute Gasteiger partial charge is 0.337 e. The van der Waals surface area contributed by atoms with Gasteiger partial charge in [0.15, 0.2) is 5.65 Å². The Balaban J connectivity index is 2.21. The number of fused-ring (bicyclic) bond motifs is 1. The minimum absolute atomic E-state index is 0.733. The van der Waals surface area contributed by atoms with E-state index in [0.717, 1.165) is 22.6 Å². The third-order valence-electron chi connectivity index (χ3n) is 2.19. The maximum absolute atomic E-state index is 4.38. The van der Waals surface area contributed by atoms with Gasteiger partial charge in [-0.05, 0) is 24.3 Å². The normalized spacial score (nSPS) is 10.7. The summed E-state index contributed by atoms with van der Waals surface area (Å²) in [5.41, 5.74) is 2.64. The monoisotopic (exact) mass is 196 g/mol. The van der Waals surface area contributed by atoms with E-state index in [1.165, 1.54) is 0 Å². The summed E-state index contributed by atoms with van der Waals surface area (Å²) in [6, 6.07) is 7.68. The Morgan fingerprint density at radius 1 is 1.07 bits per heavy atom. The van der Waals surface area contributed by atoms with Crippen LogP contribution in [-0.4, -0.2) is 19.9 Å². The molecule has 0 atom stereocenters. The average molecular weight is 196 g/mol. The van der Waals surface area contributed by atoms with Crippen LogP contribution in [0.3, 0.4) is 0 Å². The standard InChI is InChI=1S/C11H8N4/c1-3-8(7-12-5-1)10-14-9-4-2-6-13-11(9)15-10/h1-7H,(H,13,14,15). The molecule has 15 heavy (non-hydrogen) atoms. The molecule has 4 heteroatoms. The molecule has 0 aliphatic rings. The summed E-state index contributed by atoms with van der Waals surface area (Å²) in [4.78, 5) is 15.8. The number of aromatic amines is 1. The Morgan fingerprint density at radius 2 is 2.00 bits per heavy atom. The maximum atomic E-state index is 4.38. The summed E-state index contributed by atoms with van der Waals surface area (Å²) in [6.45, 7) is 0. The van der Waals surface area contributed by atoms with Crippen molar-refractivity contribution in [1.82, 2.24) is 19.9 Å². The van der Waals surface area contributed by atoms with Crippen molar-refractivity contribution >= 4 is 11.2 Å². The van der Waals surface area contributed by atoms with Crippen molar-refractivity contribution in [2.45, 2.75) is 0 Å². The first-order valence-corrected chi connectivity index (χ1v) is 4.64. The highest BCUT2D eigenvalue weighted by Crippen LogP contribution is 2.17. The second kappa shape index (κ2) is 3.16. The van der Waals surface area contributed by atoms with Crippen molar-refractivity contribution < 1.29 is 0 Å². The van der Waals surface area contributed by atoms with Crippen LogP contribution in [0.25, 0.3) is 22.6 Å².